The maximum Gasteiger partial charge on any atom is 0.416 e. The molecule has 0 heterocycles. The van der Waals surface area contributed by atoms with Crippen LogP contribution in [-0.2, 0) is 27.6 Å². The van der Waals surface area contributed by atoms with Gasteiger partial charge in [-0.2, -0.15) is 21.6 Å². The van der Waals surface area contributed by atoms with E-state index >= 15 is 0 Å². The van der Waals surface area contributed by atoms with Gasteiger partial charge in [-0.1, -0.05) is 51.7 Å². The lowest BCUT2D eigenvalue weighted by Gasteiger charge is -2.29. The Bertz CT molecular complexity index is 1140. The molecule has 10 heteroatoms. The van der Waals surface area contributed by atoms with Crippen molar-refractivity contribution < 1.29 is 35.3 Å². The number of methoxy groups -OCH3 is 1. The van der Waals surface area contributed by atoms with E-state index in [1.54, 1.807) is 11.0 Å². The minimum atomic E-state index is -4.70. The predicted molar refractivity (Wildman–Crippen MR) is 136 cm³/mol. The molecule has 0 bridgehead atoms. The van der Waals surface area contributed by atoms with Crippen molar-refractivity contribution in [2.75, 3.05) is 7.11 Å². The normalized spacial score (nSPS) is 12.7. The minimum Gasteiger partial charge on any atom is -0.493 e. The van der Waals surface area contributed by atoms with E-state index in [2.05, 4.69) is 6.92 Å². The number of halogens is 3. The smallest absolute Gasteiger partial charge is 0.416 e. The number of nitrogens with zero attached hydrogens (tertiary/aromatic N) is 1. The van der Waals surface area contributed by atoms with Gasteiger partial charge in [0.15, 0.2) is 11.5 Å². The second kappa shape index (κ2) is 13.7. The van der Waals surface area contributed by atoms with Gasteiger partial charge in [-0.25, -0.2) is 0 Å². The SMILES string of the molecule is CCCCCCCC(=O)N(Cc1ccc(OC)c(OS(=O)(=O)c2cccc(C(F)(F)F)c2)c1)C(C)CC. The molecule has 0 saturated heterocycles. The van der Waals surface area contributed by atoms with Crippen molar-refractivity contribution in [1.82, 2.24) is 4.90 Å². The highest BCUT2D eigenvalue weighted by Gasteiger charge is 2.32. The van der Waals surface area contributed by atoms with E-state index in [4.69, 9.17) is 8.92 Å². The minimum absolute atomic E-state index is 0.0146. The Kier molecular flexibility index (Phi) is 11.3. The van der Waals surface area contributed by atoms with Crippen molar-refractivity contribution in [2.45, 2.75) is 89.4 Å². The molecule has 0 fully saturated rings. The van der Waals surface area contributed by atoms with E-state index in [9.17, 15) is 26.4 Å². The summed E-state index contributed by atoms with van der Waals surface area (Å²) in [6.45, 7) is 6.30. The summed E-state index contributed by atoms with van der Waals surface area (Å²) in [4.78, 5) is 14.1. The molecule has 37 heavy (non-hydrogen) atoms. The van der Waals surface area contributed by atoms with Crippen molar-refractivity contribution in [3.05, 3.63) is 53.6 Å². The third kappa shape index (κ3) is 8.94. The molecule has 0 aliphatic heterocycles. The van der Waals surface area contributed by atoms with Crippen LogP contribution in [-0.4, -0.2) is 32.4 Å². The first-order valence-electron chi connectivity index (χ1n) is 12.5. The van der Waals surface area contributed by atoms with Gasteiger partial charge in [-0.15, -0.1) is 0 Å². The molecule has 2 aromatic carbocycles. The lowest BCUT2D eigenvalue weighted by molar-refractivity contribution is -0.137. The van der Waals surface area contributed by atoms with Gasteiger partial charge in [0.1, 0.15) is 4.90 Å². The molecule has 0 spiro atoms. The highest BCUT2D eigenvalue weighted by atomic mass is 32.2. The van der Waals surface area contributed by atoms with Gasteiger partial charge < -0.3 is 13.8 Å². The summed E-state index contributed by atoms with van der Waals surface area (Å²) in [5.74, 6) is -0.0640. The lowest BCUT2D eigenvalue weighted by atomic mass is 10.1. The van der Waals surface area contributed by atoms with Gasteiger partial charge >= 0.3 is 16.3 Å². The van der Waals surface area contributed by atoms with Crippen LogP contribution < -0.4 is 8.92 Å². The van der Waals surface area contributed by atoms with E-state index in [1.165, 1.54) is 19.2 Å². The maximum atomic E-state index is 13.1. The number of ether oxygens (including phenoxy) is 1. The average Bonchev–Trinajstić information content (AvgIpc) is 2.86. The molecule has 0 saturated carbocycles. The molecule has 206 valence electrons. The highest BCUT2D eigenvalue weighted by molar-refractivity contribution is 7.87. The van der Waals surface area contributed by atoms with E-state index in [0.717, 1.165) is 56.7 Å². The zero-order valence-corrected chi connectivity index (χ0v) is 22.6. The summed E-state index contributed by atoms with van der Waals surface area (Å²) in [5, 5.41) is 0. The molecule has 1 unspecified atom stereocenters. The Balaban J connectivity index is 2.27. The second-order valence-corrected chi connectivity index (χ2v) is 10.5. The topological polar surface area (TPSA) is 72.9 Å². The predicted octanol–water partition coefficient (Wildman–Crippen LogP) is 6.97. The van der Waals surface area contributed by atoms with Crippen LogP contribution in [0.4, 0.5) is 13.2 Å². The van der Waals surface area contributed by atoms with Crippen molar-refractivity contribution in [1.29, 1.82) is 0 Å². The molecule has 0 aliphatic rings. The number of hydrogen-bond donors (Lipinski definition) is 0. The van der Waals surface area contributed by atoms with Gasteiger partial charge in [0.05, 0.1) is 12.7 Å². The highest BCUT2D eigenvalue weighted by Crippen LogP contribution is 2.34. The molecule has 1 atom stereocenters. The number of carbonyl (C=O) groups excluding carboxylic acids is 1. The number of carbonyl (C=O) groups is 1. The first-order chi connectivity index (χ1) is 17.4. The van der Waals surface area contributed by atoms with Crippen LogP contribution in [0.1, 0.15) is 76.8 Å². The summed E-state index contributed by atoms with van der Waals surface area (Å²) in [5.41, 5.74) is -0.495. The third-order valence-corrected chi connectivity index (χ3v) is 7.40. The molecule has 1 amide bonds. The lowest BCUT2D eigenvalue weighted by Crippen LogP contribution is -2.37. The zero-order chi connectivity index (χ0) is 27.6. The van der Waals surface area contributed by atoms with Crippen LogP contribution in [0.5, 0.6) is 11.5 Å². The second-order valence-electron chi connectivity index (χ2n) is 8.99. The van der Waals surface area contributed by atoms with E-state index in [1.807, 2.05) is 13.8 Å². The summed E-state index contributed by atoms with van der Waals surface area (Å²) < 4.78 is 75.3. The number of rotatable bonds is 14. The summed E-state index contributed by atoms with van der Waals surface area (Å²) in [7, 11) is -3.27. The van der Waals surface area contributed by atoms with Gasteiger partial charge in [0.25, 0.3) is 0 Å². The Hall–Kier alpha value is -2.75. The number of hydrogen-bond acceptors (Lipinski definition) is 5. The standard InChI is InChI=1S/C27H36F3NO5S/c1-5-7-8-9-10-14-26(32)31(20(3)6-2)19-21-15-16-24(35-4)25(17-21)36-37(33,34)23-13-11-12-22(18-23)27(28,29)30/h11-13,15-18,20H,5-10,14,19H2,1-4H3. The number of amides is 1. The Labute approximate surface area is 217 Å². The fourth-order valence-corrected chi connectivity index (χ4v) is 4.79. The van der Waals surface area contributed by atoms with E-state index in [-0.39, 0.29) is 30.0 Å². The maximum absolute atomic E-state index is 13.1. The van der Waals surface area contributed by atoms with Crippen LogP contribution in [0.3, 0.4) is 0 Å². The van der Waals surface area contributed by atoms with Crippen molar-refractivity contribution >= 4 is 16.0 Å². The first kappa shape index (κ1) is 30.5. The molecule has 0 aromatic heterocycles. The average molecular weight is 544 g/mol. The molecule has 0 radical (unpaired) electrons. The molecular formula is C27H36F3NO5S. The van der Waals surface area contributed by atoms with Crippen LogP contribution in [0.2, 0.25) is 0 Å². The van der Waals surface area contributed by atoms with Gasteiger partial charge in [0.2, 0.25) is 5.91 Å². The van der Waals surface area contributed by atoms with E-state index < -0.39 is 26.8 Å². The van der Waals surface area contributed by atoms with Gasteiger partial charge in [-0.3, -0.25) is 4.79 Å². The monoisotopic (exact) mass is 543 g/mol. The molecular weight excluding hydrogens is 507 g/mol. The Morgan fingerprint density at radius 1 is 1.00 bits per heavy atom. The number of unbranched alkanes of at least 4 members (excludes halogenated alkanes) is 4. The Morgan fingerprint density at radius 2 is 1.70 bits per heavy atom. The van der Waals surface area contributed by atoms with Crippen LogP contribution in [0, 0.1) is 0 Å². The molecule has 6 nitrogen and oxygen atoms in total. The quantitative estimate of drug-likeness (QED) is 0.190. The van der Waals surface area contributed by atoms with Crippen LogP contribution >= 0.6 is 0 Å². The summed E-state index contributed by atoms with van der Waals surface area (Å²) >= 11 is 0. The number of alkyl halides is 3. The van der Waals surface area contributed by atoms with Crippen molar-refractivity contribution in [3.63, 3.8) is 0 Å². The van der Waals surface area contributed by atoms with Gasteiger partial charge in [-0.05, 0) is 55.7 Å². The molecule has 0 N–H and O–H groups in total. The fourth-order valence-electron chi connectivity index (χ4n) is 3.81. The van der Waals surface area contributed by atoms with E-state index in [0.29, 0.717) is 18.1 Å². The van der Waals surface area contributed by atoms with Crippen LogP contribution in [0.15, 0.2) is 47.4 Å². The van der Waals surface area contributed by atoms with Crippen molar-refractivity contribution in [2.24, 2.45) is 0 Å². The molecule has 0 aliphatic carbocycles. The first-order valence-corrected chi connectivity index (χ1v) is 13.9. The summed E-state index contributed by atoms with van der Waals surface area (Å²) in [6.07, 6.45) is 1.61. The number of benzene rings is 2. The molecule has 2 aromatic rings. The van der Waals surface area contributed by atoms with Crippen LogP contribution in [0.25, 0.3) is 0 Å². The van der Waals surface area contributed by atoms with Gasteiger partial charge in [0, 0.05) is 19.0 Å². The largest absolute Gasteiger partial charge is 0.493 e. The molecule has 2 rings (SSSR count). The fraction of sp³-hybridized carbons (Fsp3) is 0.519. The Morgan fingerprint density at radius 3 is 2.32 bits per heavy atom. The third-order valence-electron chi connectivity index (χ3n) is 6.17. The zero-order valence-electron chi connectivity index (χ0n) is 21.8. The summed E-state index contributed by atoms with van der Waals surface area (Å²) in [6, 6.07) is 7.95. The van der Waals surface area contributed by atoms with Crippen molar-refractivity contribution in [3.8, 4) is 11.5 Å².